The molecular weight excluding hydrogens is 392 g/mol. The van der Waals surface area contributed by atoms with Gasteiger partial charge in [-0.15, -0.1) is 0 Å². The summed E-state index contributed by atoms with van der Waals surface area (Å²) in [4.78, 5) is 15.6. The van der Waals surface area contributed by atoms with Crippen molar-refractivity contribution in [2.45, 2.75) is 58.2 Å². The molecule has 4 rings (SSSR count). The molecule has 3 nitrogen and oxygen atoms in total. The molecule has 1 saturated carbocycles. The van der Waals surface area contributed by atoms with Gasteiger partial charge in [0.15, 0.2) is 0 Å². The third-order valence-corrected chi connectivity index (χ3v) is 6.48. The van der Waals surface area contributed by atoms with Crippen molar-refractivity contribution in [2.75, 3.05) is 0 Å². The van der Waals surface area contributed by atoms with Crippen LogP contribution in [0.5, 0.6) is 0 Å². The van der Waals surface area contributed by atoms with Crippen LogP contribution < -0.4 is 0 Å². The normalized spacial score (nSPS) is 14.6. The van der Waals surface area contributed by atoms with Gasteiger partial charge in [0.05, 0.1) is 6.54 Å². The first kappa shape index (κ1) is 20.7. The molecule has 0 bridgehead atoms. The van der Waals surface area contributed by atoms with Crippen LogP contribution in [0, 0.1) is 6.92 Å². The molecule has 1 heterocycles. The molecule has 1 fully saturated rings. The zero-order valence-electron chi connectivity index (χ0n) is 17.6. The number of rotatable bonds is 6. The molecule has 4 heteroatoms. The van der Waals surface area contributed by atoms with E-state index in [1.54, 1.807) is 12.1 Å². The number of benzene rings is 2. The molecule has 30 heavy (non-hydrogen) atoms. The molecule has 0 atom stereocenters. The molecule has 0 spiro atoms. The summed E-state index contributed by atoms with van der Waals surface area (Å²) < 4.78 is 2.27. The van der Waals surface area contributed by atoms with Crippen molar-refractivity contribution in [1.82, 2.24) is 9.47 Å². The Bertz CT molecular complexity index is 986. The van der Waals surface area contributed by atoms with Gasteiger partial charge in [0, 0.05) is 35.1 Å². The second-order valence-electron chi connectivity index (χ2n) is 8.29. The van der Waals surface area contributed by atoms with Crippen LogP contribution >= 0.6 is 11.6 Å². The number of carbonyl (C=O) groups is 1. The Kier molecular flexibility index (Phi) is 6.59. The molecule has 2 aromatic carbocycles. The fraction of sp³-hybridized carbons (Fsp3) is 0.346. The van der Waals surface area contributed by atoms with Gasteiger partial charge >= 0.3 is 0 Å². The fourth-order valence-corrected chi connectivity index (χ4v) is 4.54. The van der Waals surface area contributed by atoms with E-state index in [1.807, 2.05) is 12.1 Å². The first-order valence-corrected chi connectivity index (χ1v) is 11.2. The molecule has 1 amide bonds. The second-order valence-corrected chi connectivity index (χ2v) is 8.72. The van der Waals surface area contributed by atoms with Crippen LogP contribution in [0.2, 0.25) is 5.02 Å². The van der Waals surface area contributed by atoms with E-state index in [9.17, 15) is 4.79 Å². The zero-order chi connectivity index (χ0) is 20.9. The van der Waals surface area contributed by atoms with Crippen LogP contribution in [0.25, 0.3) is 0 Å². The summed E-state index contributed by atoms with van der Waals surface area (Å²) in [6, 6.07) is 20.3. The molecule has 0 unspecified atom stereocenters. The Hall–Kier alpha value is -2.52. The maximum Gasteiger partial charge on any atom is 0.254 e. The Morgan fingerprint density at radius 2 is 1.73 bits per heavy atom. The van der Waals surface area contributed by atoms with Crippen molar-refractivity contribution in [2.24, 2.45) is 0 Å². The van der Waals surface area contributed by atoms with Gasteiger partial charge in [0.25, 0.3) is 5.91 Å². The smallest absolute Gasteiger partial charge is 0.254 e. The maximum atomic E-state index is 13.5. The number of halogens is 1. The van der Waals surface area contributed by atoms with Crippen molar-refractivity contribution in [1.29, 1.82) is 0 Å². The van der Waals surface area contributed by atoms with Crippen LogP contribution in [-0.4, -0.2) is 21.4 Å². The van der Waals surface area contributed by atoms with E-state index in [0.717, 1.165) is 19.4 Å². The average Bonchev–Trinajstić information content (AvgIpc) is 3.21. The quantitative estimate of drug-likeness (QED) is 0.448. The number of nitrogens with zero attached hydrogens (tertiary/aromatic N) is 2. The standard InChI is InChI=1S/C26H29ClN2O/c1-20-8-5-6-9-22(20)18-28-17-7-12-25(28)19-29(24-10-3-2-4-11-24)26(30)21-13-15-23(27)16-14-21/h5-9,12-17,24H,2-4,10-11,18-19H2,1H3. The van der Waals surface area contributed by atoms with Gasteiger partial charge in [0.1, 0.15) is 0 Å². The Labute approximate surface area is 184 Å². The van der Waals surface area contributed by atoms with Gasteiger partial charge in [-0.3, -0.25) is 4.79 Å². The van der Waals surface area contributed by atoms with E-state index in [4.69, 9.17) is 11.6 Å². The summed E-state index contributed by atoms with van der Waals surface area (Å²) in [6.07, 6.45) is 7.94. The average molecular weight is 421 g/mol. The monoisotopic (exact) mass is 420 g/mol. The van der Waals surface area contributed by atoms with Gasteiger partial charge in [-0.05, 0) is 67.3 Å². The van der Waals surface area contributed by atoms with Crippen LogP contribution in [-0.2, 0) is 13.1 Å². The highest BCUT2D eigenvalue weighted by Crippen LogP contribution is 2.26. The van der Waals surface area contributed by atoms with Crippen molar-refractivity contribution < 1.29 is 4.79 Å². The minimum Gasteiger partial charge on any atom is -0.345 e. The number of hydrogen-bond donors (Lipinski definition) is 0. The summed E-state index contributed by atoms with van der Waals surface area (Å²) in [5.74, 6) is 0.0993. The minimum atomic E-state index is 0.0993. The molecule has 1 aromatic heterocycles. The Morgan fingerprint density at radius 3 is 2.47 bits per heavy atom. The maximum absolute atomic E-state index is 13.5. The topological polar surface area (TPSA) is 25.2 Å². The number of carbonyl (C=O) groups excluding carboxylic acids is 1. The molecule has 1 aliphatic rings. The lowest BCUT2D eigenvalue weighted by Gasteiger charge is -2.35. The summed E-state index contributed by atoms with van der Waals surface area (Å²) in [5.41, 5.74) is 4.48. The number of aryl methyl sites for hydroxylation is 1. The summed E-state index contributed by atoms with van der Waals surface area (Å²) in [7, 11) is 0. The Morgan fingerprint density at radius 1 is 1.00 bits per heavy atom. The summed E-state index contributed by atoms with van der Waals surface area (Å²) >= 11 is 6.04. The highest BCUT2D eigenvalue weighted by molar-refractivity contribution is 6.30. The van der Waals surface area contributed by atoms with Crippen LogP contribution in [0.1, 0.15) is 59.3 Å². The largest absolute Gasteiger partial charge is 0.345 e. The van der Waals surface area contributed by atoms with E-state index in [0.29, 0.717) is 23.2 Å². The SMILES string of the molecule is Cc1ccccc1Cn1cccc1CN(C(=O)c1ccc(Cl)cc1)C1CCCCC1. The van der Waals surface area contributed by atoms with Gasteiger partial charge in [-0.25, -0.2) is 0 Å². The molecule has 0 N–H and O–H groups in total. The van der Waals surface area contributed by atoms with Crippen LogP contribution in [0.4, 0.5) is 0 Å². The van der Waals surface area contributed by atoms with E-state index in [2.05, 4.69) is 59.0 Å². The predicted molar refractivity (Wildman–Crippen MR) is 123 cm³/mol. The third kappa shape index (κ3) is 4.79. The Balaban J connectivity index is 1.59. The molecule has 0 radical (unpaired) electrons. The summed E-state index contributed by atoms with van der Waals surface area (Å²) in [5, 5.41) is 0.655. The first-order valence-electron chi connectivity index (χ1n) is 10.9. The number of hydrogen-bond acceptors (Lipinski definition) is 1. The number of amides is 1. The predicted octanol–water partition coefficient (Wildman–Crippen LogP) is 6.47. The van der Waals surface area contributed by atoms with E-state index < -0.39 is 0 Å². The van der Waals surface area contributed by atoms with Crippen LogP contribution in [0.3, 0.4) is 0 Å². The third-order valence-electron chi connectivity index (χ3n) is 6.23. The van der Waals surface area contributed by atoms with Gasteiger partial charge in [0.2, 0.25) is 0 Å². The second kappa shape index (κ2) is 9.53. The molecule has 0 aliphatic heterocycles. The fourth-order valence-electron chi connectivity index (χ4n) is 4.41. The van der Waals surface area contributed by atoms with E-state index >= 15 is 0 Å². The first-order chi connectivity index (χ1) is 14.6. The molecule has 0 saturated heterocycles. The zero-order valence-corrected chi connectivity index (χ0v) is 18.3. The van der Waals surface area contributed by atoms with E-state index in [-0.39, 0.29) is 5.91 Å². The number of aromatic nitrogens is 1. The lowest BCUT2D eigenvalue weighted by Crippen LogP contribution is -2.41. The molecule has 156 valence electrons. The molecule has 3 aromatic rings. The van der Waals surface area contributed by atoms with Gasteiger partial charge in [-0.2, -0.15) is 0 Å². The highest BCUT2D eigenvalue weighted by Gasteiger charge is 2.27. The van der Waals surface area contributed by atoms with Crippen LogP contribution in [0.15, 0.2) is 66.9 Å². The molecule has 1 aliphatic carbocycles. The van der Waals surface area contributed by atoms with Crippen molar-refractivity contribution in [3.05, 3.63) is 94.3 Å². The molecular formula is C26H29ClN2O. The highest BCUT2D eigenvalue weighted by atomic mass is 35.5. The van der Waals surface area contributed by atoms with E-state index in [1.165, 1.54) is 36.1 Å². The van der Waals surface area contributed by atoms with Crippen molar-refractivity contribution in [3.63, 3.8) is 0 Å². The van der Waals surface area contributed by atoms with Crippen molar-refractivity contribution >= 4 is 17.5 Å². The minimum absolute atomic E-state index is 0.0993. The summed E-state index contributed by atoms with van der Waals surface area (Å²) in [6.45, 7) is 3.60. The lowest BCUT2D eigenvalue weighted by molar-refractivity contribution is 0.0608. The van der Waals surface area contributed by atoms with Gasteiger partial charge in [-0.1, -0.05) is 55.1 Å². The van der Waals surface area contributed by atoms with Gasteiger partial charge < -0.3 is 9.47 Å². The lowest BCUT2D eigenvalue weighted by atomic mass is 9.93. The van der Waals surface area contributed by atoms with Crippen molar-refractivity contribution in [3.8, 4) is 0 Å².